The van der Waals surface area contributed by atoms with Crippen molar-refractivity contribution in [2.75, 3.05) is 6.54 Å². The molecule has 2 N–H and O–H groups in total. The van der Waals surface area contributed by atoms with Gasteiger partial charge >= 0.3 is 0 Å². The van der Waals surface area contributed by atoms with Gasteiger partial charge in [0.25, 0.3) is 0 Å². The molecule has 0 heterocycles. The lowest BCUT2D eigenvalue weighted by atomic mass is 10.2. The molecule has 0 atom stereocenters. The van der Waals surface area contributed by atoms with E-state index < -0.39 is 15.8 Å². The molecule has 0 fully saturated rings. The monoisotopic (exact) mass is 336 g/mol. The van der Waals surface area contributed by atoms with Gasteiger partial charge in [0.1, 0.15) is 5.82 Å². The molecule has 0 saturated heterocycles. The highest BCUT2D eigenvalue weighted by atomic mass is 32.2. The maximum atomic E-state index is 12.8. The second-order valence-electron chi connectivity index (χ2n) is 4.86. The molecular weight excluding hydrogens is 319 g/mol. The van der Waals surface area contributed by atoms with Crippen molar-refractivity contribution in [1.82, 2.24) is 10.0 Å². The Morgan fingerprint density at radius 1 is 1.00 bits per heavy atom. The Balaban J connectivity index is 1.77. The standard InChI is InChI=1S/C16H17FN2O3S/c17-14-6-8-15(9-7-14)23(21,22)19-11-10-16(20)18-12-13-4-2-1-3-5-13/h1-9,19H,10-12H2,(H,18,20). The van der Waals surface area contributed by atoms with Gasteiger partial charge in [0.2, 0.25) is 15.9 Å². The molecule has 2 aromatic carbocycles. The van der Waals surface area contributed by atoms with E-state index in [2.05, 4.69) is 10.0 Å². The zero-order valence-corrected chi connectivity index (χ0v) is 13.1. The van der Waals surface area contributed by atoms with Crippen molar-refractivity contribution in [3.8, 4) is 0 Å². The number of rotatable bonds is 7. The number of hydrogen-bond acceptors (Lipinski definition) is 3. The molecule has 2 aromatic rings. The van der Waals surface area contributed by atoms with Gasteiger partial charge in [-0.15, -0.1) is 0 Å². The Hall–Kier alpha value is -2.25. The van der Waals surface area contributed by atoms with Crippen LogP contribution in [0.1, 0.15) is 12.0 Å². The summed E-state index contributed by atoms with van der Waals surface area (Å²) < 4.78 is 39.0. The lowest BCUT2D eigenvalue weighted by Gasteiger charge is -2.08. The van der Waals surface area contributed by atoms with Gasteiger partial charge in [-0.1, -0.05) is 30.3 Å². The molecule has 0 unspecified atom stereocenters. The van der Waals surface area contributed by atoms with Crippen LogP contribution in [0.5, 0.6) is 0 Å². The van der Waals surface area contributed by atoms with Gasteiger partial charge < -0.3 is 5.32 Å². The van der Waals surface area contributed by atoms with Crippen LogP contribution in [0, 0.1) is 5.82 Å². The zero-order valence-electron chi connectivity index (χ0n) is 12.3. The molecule has 0 aliphatic carbocycles. The highest BCUT2D eigenvalue weighted by molar-refractivity contribution is 7.89. The fourth-order valence-corrected chi connectivity index (χ4v) is 2.91. The summed E-state index contributed by atoms with van der Waals surface area (Å²) in [5.74, 6) is -0.764. The summed E-state index contributed by atoms with van der Waals surface area (Å²) >= 11 is 0. The average molecular weight is 336 g/mol. The number of hydrogen-bond donors (Lipinski definition) is 2. The van der Waals surface area contributed by atoms with Gasteiger partial charge in [-0.3, -0.25) is 4.79 Å². The molecule has 23 heavy (non-hydrogen) atoms. The smallest absolute Gasteiger partial charge is 0.240 e. The van der Waals surface area contributed by atoms with Crippen LogP contribution in [0.4, 0.5) is 4.39 Å². The average Bonchev–Trinajstić information content (AvgIpc) is 2.54. The first kappa shape index (κ1) is 17.1. The Morgan fingerprint density at radius 3 is 2.30 bits per heavy atom. The van der Waals surface area contributed by atoms with Crippen molar-refractivity contribution in [1.29, 1.82) is 0 Å². The topological polar surface area (TPSA) is 75.3 Å². The lowest BCUT2D eigenvalue weighted by Crippen LogP contribution is -2.30. The molecule has 2 rings (SSSR count). The summed E-state index contributed by atoms with van der Waals surface area (Å²) in [7, 11) is -3.74. The third kappa shape index (κ3) is 5.46. The molecule has 1 amide bonds. The Bertz CT molecular complexity index is 747. The van der Waals surface area contributed by atoms with Crippen molar-refractivity contribution < 1.29 is 17.6 Å². The van der Waals surface area contributed by atoms with Crippen LogP contribution in [0.3, 0.4) is 0 Å². The van der Waals surface area contributed by atoms with Crippen molar-refractivity contribution in [2.24, 2.45) is 0 Å². The molecule has 0 aromatic heterocycles. The van der Waals surface area contributed by atoms with Gasteiger partial charge in [0.15, 0.2) is 0 Å². The quantitative estimate of drug-likeness (QED) is 0.810. The normalized spacial score (nSPS) is 11.2. The third-order valence-corrected chi connectivity index (χ3v) is 4.58. The zero-order chi connectivity index (χ0) is 16.7. The molecular formula is C16H17FN2O3S. The summed E-state index contributed by atoms with van der Waals surface area (Å²) in [5, 5.41) is 2.71. The molecule has 0 radical (unpaired) electrons. The fraction of sp³-hybridized carbons (Fsp3) is 0.188. The molecule has 122 valence electrons. The van der Waals surface area contributed by atoms with Crippen LogP contribution in [-0.2, 0) is 21.4 Å². The van der Waals surface area contributed by atoms with E-state index in [4.69, 9.17) is 0 Å². The van der Waals surface area contributed by atoms with E-state index in [1.165, 1.54) is 12.1 Å². The van der Waals surface area contributed by atoms with Crippen LogP contribution in [0.2, 0.25) is 0 Å². The summed E-state index contributed by atoms with van der Waals surface area (Å²) in [6.07, 6.45) is 0.0211. The molecule has 0 bridgehead atoms. The maximum Gasteiger partial charge on any atom is 0.240 e. The summed E-state index contributed by atoms with van der Waals surface area (Å²) in [6, 6.07) is 13.9. The highest BCUT2D eigenvalue weighted by Crippen LogP contribution is 2.09. The first-order valence-corrected chi connectivity index (χ1v) is 8.51. The van der Waals surface area contributed by atoms with E-state index in [0.29, 0.717) is 6.54 Å². The van der Waals surface area contributed by atoms with Gasteiger partial charge in [-0.05, 0) is 29.8 Å². The maximum absolute atomic E-state index is 12.8. The highest BCUT2D eigenvalue weighted by Gasteiger charge is 2.14. The Labute approximate surface area is 134 Å². The largest absolute Gasteiger partial charge is 0.352 e. The lowest BCUT2D eigenvalue weighted by molar-refractivity contribution is -0.121. The van der Waals surface area contributed by atoms with E-state index in [-0.39, 0.29) is 23.8 Å². The third-order valence-electron chi connectivity index (χ3n) is 3.10. The number of carbonyl (C=O) groups excluding carboxylic acids is 1. The second kappa shape index (κ2) is 7.85. The van der Waals surface area contributed by atoms with Crippen molar-refractivity contribution in [2.45, 2.75) is 17.9 Å². The van der Waals surface area contributed by atoms with Crippen LogP contribution in [0.15, 0.2) is 59.5 Å². The van der Waals surface area contributed by atoms with Crippen molar-refractivity contribution in [3.05, 3.63) is 66.0 Å². The first-order chi connectivity index (χ1) is 11.0. The molecule has 7 heteroatoms. The number of halogens is 1. The summed E-state index contributed by atoms with van der Waals surface area (Å²) in [6.45, 7) is 0.366. The van der Waals surface area contributed by atoms with Crippen LogP contribution in [0.25, 0.3) is 0 Å². The van der Waals surface area contributed by atoms with Crippen LogP contribution in [-0.4, -0.2) is 20.9 Å². The number of carbonyl (C=O) groups is 1. The predicted molar refractivity (Wildman–Crippen MR) is 84.5 cm³/mol. The van der Waals surface area contributed by atoms with Gasteiger partial charge in [0, 0.05) is 19.5 Å². The van der Waals surface area contributed by atoms with E-state index in [1.807, 2.05) is 30.3 Å². The summed E-state index contributed by atoms with van der Waals surface area (Å²) in [5.41, 5.74) is 0.966. The molecule has 0 spiro atoms. The van der Waals surface area contributed by atoms with Crippen molar-refractivity contribution >= 4 is 15.9 Å². The van der Waals surface area contributed by atoms with Gasteiger partial charge in [-0.25, -0.2) is 17.5 Å². The van der Waals surface area contributed by atoms with E-state index in [1.54, 1.807) is 0 Å². The SMILES string of the molecule is O=C(CCNS(=O)(=O)c1ccc(F)cc1)NCc1ccccc1. The molecule has 0 aliphatic heterocycles. The van der Waals surface area contributed by atoms with E-state index in [9.17, 15) is 17.6 Å². The van der Waals surface area contributed by atoms with Crippen LogP contribution < -0.4 is 10.0 Å². The number of sulfonamides is 1. The fourth-order valence-electron chi connectivity index (χ4n) is 1.88. The summed E-state index contributed by atoms with van der Waals surface area (Å²) in [4.78, 5) is 11.6. The minimum Gasteiger partial charge on any atom is -0.352 e. The van der Waals surface area contributed by atoms with E-state index in [0.717, 1.165) is 17.7 Å². The second-order valence-corrected chi connectivity index (χ2v) is 6.63. The van der Waals surface area contributed by atoms with Gasteiger partial charge in [-0.2, -0.15) is 0 Å². The number of amides is 1. The first-order valence-electron chi connectivity index (χ1n) is 7.03. The van der Waals surface area contributed by atoms with Gasteiger partial charge in [0.05, 0.1) is 4.90 Å². The molecule has 0 aliphatic rings. The molecule has 5 nitrogen and oxygen atoms in total. The van der Waals surface area contributed by atoms with E-state index >= 15 is 0 Å². The number of nitrogens with one attached hydrogen (secondary N) is 2. The predicted octanol–water partition coefficient (Wildman–Crippen LogP) is 1.81. The minimum atomic E-state index is -3.74. The Morgan fingerprint density at radius 2 is 1.65 bits per heavy atom. The minimum absolute atomic E-state index is 0.0211. The number of benzene rings is 2. The molecule has 0 saturated carbocycles. The van der Waals surface area contributed by atoms with Crippen molar-refractivity contribution in [3.63, 3.8) is 0 Å². The Kier molecular flexibility index (Phi) is 5.84. The van der Waals surface area contributed by atoms with Crippen LogP contribution >= 0.6 is 0 Å².